The van der Waals surface area contributed by atoms with Crippen LogP contribution in [0.25, 0.3) is 0 Å². The predicted molar refractivity (Wildman–Crippen MR) is 75.2 cm³/mol. The van der Waals surface area contributed by atoms with E-state index < -0.39 is 30.1 Å². The van der Waals surface area contributed by atoms with Gasteiger partial charge in [-0.05, 0) is 37.0 Å². The molecule has 0 saturated heterocycles. The largest absolute Gasteiger partial charge is 0.573 e. The zero-order valence-electron chi connectivity index (χ0n) is 11.6. The molecule has 3 nitrogen and oxygen atoms in total. The zero-order chi connectivity index (χ0) is 15.6. The van der Waals surface area contributed by atoms with Gasteiger partial charge in [0.1, 0.15) is 11.6 Å². The molecular weight excluding hydrogens is 326 g/mol. The molecule has 1 aromatic carbocycles. The molecule has 0 amide bonds. The molecule has 8 heteroatoms. The summed E-state index contributed by atoms with van der Waals surface area (Å²) in [5.74, 6) is -1.35. The van der Waals surface area contributed by atoms with Gasteiger partial charge in [0.25, 0.3) is 0 Å². The van der Waals surface area contributed by atoms with Gasteiger partial charge in [-0.25, -0.2) is 4.39 Å². The second kappa shape index (κ2) is 7.48. The smallest absolute Gasteiger partial charge is 0.406 e. The van der Waals surface area contributed by atoms with E-state index in [0.29, 0.717) is 0 Å². The number of alkyl halides is 3. The third kappa shape index (κ3) is 4.72. The van der Waals surface area contributed by atoms with Gasteiger partial charge in [-0.3, -0.25) is 0 Å². The van der Waals surface area contributed by atoms with Crippen molar-refractivity contribution in [1.82, 2.24) is 0 Å². The molecule has 126 valence electrons. The van der Waals surface area contributed by atoms with E-state index in [1.165, 1.54) is 0 Å². The lowest BCUT2D eigenvalue weighted by Crippen LogP contribution is -2.32. The summed E-state index contributed by atoms with van der Waals surface area (Å²) in [6.45, 7) is 0. The Balaban J connectivity index is 0.00000242. The van der Waals surface area contributed by atoms with Gasteiger partial charge >= 0.3 is 6.36 Å². The summed E-state index contributed by atoms with van der Waals surface area (Å²) < 4.78 is 54.1. The molecule has 2 atom stereocenters. The van der Waals surface area contributed by atoms with Crippen molar-refractivity contribution in [1.29, 1.82) is 0 Å². The van der Waals surface area contributed by atoms with E-state index in [2.05, 4.69) is 4.74 Å². The topological polar surface area (TPSA) is 55.5 Å². The van der Waals surface area contributed by atoms with Crippen molar-refractivity contribution >= 4 is 12.4 Å². The molecule has 0 spiro atoms. The summed E-state index contributed by atoms with van der Waals surface area (Å²) in [6.07, 6.45) is -2.33. The van der Waals surface area contributed by atoms with Crippen LogP contribution in [-0.4, -0.2) is 17.6 Å². The van der Waals surface area contributed by atoms with Crippen LogP contribution >= 0.6 is 12.4 Å². The van der Waals surface area contributed by atoms with Gasteiger partial charge in [-0.1, -0.05) is 12.8 Å². The highest BCUT2D eigenvalue weighted by Crippen LogP contribution is 2.34. The minimum absolute atomic E-state index is 0. The number of benzene rings is 1. The van der Waals surface area contributed by atoms with E-state index in [0.717, 1.165) is 43.9 Å². The number of hydrogen-bond donors (Lipinski definition) is 2. The lowest BCUT2D eigenvalue weighted by atomic mass is 9.90. The zero-order valence-corrected chi connectivity index (χ0v) is 12.5. The van der Waals surface area contributed by atoms with Crippen molar-refractivity contribution in [2.75, 3.05) is 0 Å². The Kier molecular flexibility index (Phi) is 6.46. The minimum Gasteiger partial charge on any atom is -0.406 e. The Hall–Kier alpha value is -1.05. The van der Waals surface area contributed by atoms with E-state index in [-0.39, 0.29) is 23.9 Å². The van der Waals surface area contributed by atoms with Gasteiger partial charge in [0, 0.05) is 5.56 Å². The van der Waals surface area contributed by atoms with Gasteiger partial charge in [0.15, 0.2) is 0 Å². The molecule has 1 aliphatic rings. The Bertz CT molecular complexity index is 492. The lowest BCUT2D eigenvalue weighted by molar-refractivity contribution is -0.274. The molecule has 0 aliphatic heterocycles. The molecular formula is C14H18ClF4NO2. The molecule has 3 N–H and O–H groups in total. The Morgan fingerprint density at radius 3 is 2.36 bits per heavy atom. The van der Waals surface area contributed by atoms with Crippen LogP contribution in [0.15, 0.2) is 18.2 Å². The van der Waals surface area contributed by atoms with Crippen LogP contribution in [0.3, 0.4) is 0 Å². The second-order valence-electron chi connectivity index (χ2n) is 5.29. The van der Waals surface area contributed by atoms with Gasteiger partial charge in [0.2, 0.25) is 0 Å². The highest BCUT2D eigenvalue weighted by molar-refractivity contribution is 5.85. The van der Waals surface area contributed by atoms with Crippen molar-refractivity contribution in [3.05, 3.63) is 29.6 Å². The highest BCUT2D eigenvalue weighted by Gasteiger charge is 2.33. The van der Waals surface area contributed by atoms with Gasteiger partial charge < -0.3 is 15.6 Å². The average Bonchev–Trinajstić information content (AvgIpc) is 2.91. The Labute approximate surface area is 131 Å². The average molecular weight is 344 g/mol. The Morgan fingerprint density at radius 1 is 1.23 bits per heavy atom. The van der Waals surface area contributed by atoms with Crippen LogP contribution in [0, 0.1) is 11.7 Å². The quantitative estimate of drug-likeness (QED) is 0.820. The number of ether oxygens (including phenoxy) is 1. The van der Waals surface area contributed by atoms with Crippen molar-refractivity contribution in [3.63, 3.8) is 0 Å². The fourth-order valence-electron chi connectivity index (χ4n) is 2.75. The molecule has 1 saturated carbocycles. The lowest BCUT2D eigenvalue weighted by Gasteiger charge is -2.25. The summed E-state index contributed by atoms with van der Waals surface area (Å²) in [5.41, 5.74) is 5.65. The third-order valence-electron chi connectivity index (χ3n) is 3.81. The first kappa shape index (κ1) is 19.0. The van der Waals surface area contributed by atoms with Crippen LogP contribution in [0.2, 0.25) is 0 Å². The molecule has 0 aromatic heterocycles. The monoisotopic (exact) mass is 343 g/mol. The summed E-state index contributed by atoms with van der Waals surface area (Å²) in [4.78, 5) is 0. The van der Waals surface area contributed by atoms with Gasteiger partial charge in [-0.15, -0.1) is 25.6 Å². The Morgan fingerprint density at radius 2 is 1.82 bits per heavy atom. The van der Waals surface area contributed by atoms with Crippen molar-refractivity contribution in [2.45, 2.75) is 44.2 Å². The van der Waals surface area contributed by atoms with Crippen molar-refractivity contribution in [3.8, 4) is 5.75 Å². The van der Waals surface area contributed by atoms with Gasteiger partial charge in [-0.2, -0.15) is 0 Å². The van der Waals surface area contributed by atoms with E-state index in [4.69, 9.17) is 5.73 Å². The number of nitrogens with two attached hydrogens (primary N) is 1. The molecule has 1 fully saturated rings. The standard InChI is InChI=1S/C14H17F4NO2.ClH/c15-11-6-5-9(21-14(16,17)18)7-10(11)12(19)13(20)8-3-1-2-4-8;/h5-8,12-13,20H,1-4,19H2;1H/t12-,13+;/m0./s1. The fraction of sp³-hybridized carbons (Fsp3) is 0.571. The third-order valence-corrected chi connectivity index (χ3v) is 3.81. The normalized spacial score (nSPS) is 18.6. The minimum atomic E-state index is -4.86. The van der Waals surface area contributed by atoms with E-state index >= 15 is 0 Å². The number of aliphatic hydroxyl groups excluding tert-OH is 1. The number of aliphatic hydroxyl groups is 1. The molecule has 0 unspecified atom stereocenters. The van der Waals surface area contributed by atoms with Crippen molar-refractivity contribution < 1.29 is 27.4 Å². The molecule has 1 aromatic rings. The van der Waals surface area contributed by atoms with Crippen LogP contribution in [0.4, 0.5) is 17.6 Å². The number of halogens is 5. The maximum atomic E-state index is 13.8. The molecule has 1 aliphatic carbocycles. The second-order valence-corrected chi connectivity index (χ2v) is 5.29. The number of rotatable bonds is 4. The van der Waals surface area contributed by atoms with Crippen LogP contribution in [0.5, 0.6) is 5.75 Å². The summed E-state index contributed by atoms with van der Waals surface area (Å²) in [7, 11) is 0. The molecule has 22 heavy (non-hydrogen) atoms. The first-order valence-electron chi connectivity index (χ1n) is 6.77. The molecule has 0 heterocycles. The fourth-order valence-corrected chi connectivity index (χ4v) is 2.75. The molecule has 0 radical (unpaired) electrons. The summed E-state index contributed by atoms with van der Waals surface area (Å²) in [6, 6.07) is 1.55. The molecule has 0 bridgehead atoms. The highest BCUT2D eigenvalue weighted by atomic mass is 35.5. The first-order valence-corrected chi connectivity index (χ1v) is 6.77. The summed E-state index contributed by atoms with van der Waals surface area (Å²) in [5, 5.41) is 10.2. The van der Waals surface area contributed by atoms with Crippen molar-refractivity contribution in [2.24, 2.45) is 11.7 Å². The maximum Gasteiger partial charge on any atom is 0.573 e. The van der Waals surface area contributed by atoms with E-state index in [9.17, 15) is 22.7 Å². The summed E-state index contributed by atoms with van der Waals surface area (Å²) >= 11 is 0. The number of hydrogen-bond acceptors (Lipinski definition) is 3. The predicted octanol–water partition coefficient (Wildman–Crippen LogP) is 3.70. The van der Waals surface area contributed by atoms with Crippen LogP contribution < -0.4 is 10.5 Å². The van der Waals surface area contributed by atoms with Gasteiger partial charge in [0.05, 0.1) is 12.1 Å². The van der Waals surface area contributed by atoms with Crippen LogP contribution in [-0.2, 0) is 0 Å². The molecule has 2 rings (SSSR count). The van der Waals surface area contributed by atoms with Crippen LogP contribution in [0.1, 0.15) is 37.3 Å². The van der Waals surface area contributed by atoms with E-state index in [1.807, 2.05) is 0 Å². The van der Waals surface area contributed by atoms with E-state index in [1.54, 1.807) is 0 Å². The SMILES string of the molecule is Cl.N[C@@H](c1cc(OC(F)(F)F)ccc1F)[C@H](O)C1CCCC1. The maximum absolute atomic E-state index is 13.8. The first-order chi connectivity index (χ1) is 9.78.